The first kappa shape index (κ1) is 19.0. The summed E-state index contributed by atoms with van der Waals surface area (Å²) in [6, 6.07) is 13.0. The van der Waals surface area contributed by atoms with E-state index in [1.807, 2.05) is 66.2 Å². The van der Waals surface area contributed by atoms with Crippen molar-refractivity contribution in [3.8, 4) is 17.1 Å². The predicted molar refractivity (Wildman–Crippen MR) is 107 cm³/mol. The number of thioether (sulfide) groups is 1. The van der Waals surface area contributed by atoms with Crippen LogP contribution in [0.15, 0.2) is 58.3 Å². The normalized spacial score (nSPS) is 11.0. The summed E-state index contributed by atoms with van der Waals surface area (Å²) in [6.07, 6.45) is 3.75. The molecule has 0 bridgehead atoms. The average Bonchev–Trinajstić information content (AvgIpc) is 3.37. The molecule has 1 aromatic carbocycles. The van der Waals surface area contributed by atoms with E-state index < -0.39 is 5.97 Å². The van der Waals surface area contributed by atoms with Crippen LogP contribution in [0, 0.1) is 0 Å². The molecule has 0 aliphatic rings. The lowest BCUT2D eigenvalue weighted by atomic mass is 10.2. The Bertz CT molecular complexity index is 1150. The van der Waals surface area contributed by atoms with Gasteiger partial charge in [0.05, 0.1) is 17.7 Å². The SMILES string of the molecule is CCOc1ccccc1-c1noc(COC(=O)c2nc(SC)n3ccccc23)n1. The molecule has 148 valence electrons. The number of ether oxygens (including phenoxy) is 2. The van der Waals surface area contributed by atoms with Gasteiger partial charge in [-0.1, -0.05) is 35.1 Å². The van der Waals surface area contributed by atoms with Gasteiger partial charge >= 0.3 is 5.97 Å². The molecule has 0 spiro atoms. The van der Waals surface area contributed by atoms with Crippen molar-refractivity contribution < 1.29 is 18.8 Å². The number of pyridine rings is 1. The molecular formula is C20H18N4O4S. The number of imidazole rings is 1. The maximum absolute atomic E-state index is 12.6. The number of hydrogen-bond donors (Lipinski definition) is 0. The molecule has 0 radical (unpaired) electrons. The van der Waals surface area contributed by atoms with Gasteiger partial charge in [-0.05, 0) is 37.4 Å². The van der Waals surface area contributed by atoms with Crippen molar-refractivity contribution in [2.75, 3.05) is 12.9 Å². The molecule has 4 aromatic rings. The maximum Gasteiger partial charge on any atom is 0.359 e. The molecule has 0 amide bonds. The highest BCUT2D eigenvalue weighted by atomic mass is 32.2. The van der Waals surface area contributed by atoms with E-state index in [0.29, 0.717) is 34.4 Å². The second kappa shape index (κ2) is 8.36. The lowest BCUT2D eigenvalue weighted by Crippen LogP contribution is -2.06. The number of nitrogens with zero attached hydrogens (tertiary/aromatic N) is 4. The third-order valence-electron chi connectivity index (χ3n) is 4.11. The Morgan fingerprint density at radius 2 is 2.00 bits per heavy atom. The first-order valence-corrected chi connectivity index (χ1v) is 10.2. The first-order chi connectivity index (χ1) is 14.2. The maximum atomic E-state index is 12.6. The Hall–Kier alpha value is -3.33. The third-order valence-corrected chi connectivity index (χ3v) is 4.77. The van der Waals surface area contributed by atoms with E-state index in [-0.39, 0.29) is 18.2 Å². The Morgan fingerprint density at radius 1 is 1.17 bits per heavy atom. The van der Waals surface area contributed by atoms with Gasteiger partial charge in [0.1, 0.15) is 5.75 Å². The molecule has 0 fully saturated rings. The number of benzene rings is 1. The van der Waals surface area contributed by atoms with Crippen LogP contribution in [0.2, 0.25) is 0 Å². The Kier molecular flexibility index (Phi) is 5.48. The van der Waals surface area contributed by atoms with Crippen molar-refractivity contribution in [3.63, 3.8) is 0 Å². The molecule has 0 saturated heterocycles. The highest BCUT2D eigenvalue weighted by Crippen LogP contribution is 2.27. The topological polar surface area (TPSA) is 91.8 Å². The molecule has 0 atom stereocenters. The second-order valence-corrected chi connectivity index (χ2v) is 6.69. The van der Waals surface area contributed by atoms with E-state index in [9.17, 15) is 4.79 Å². The summed E-state index contributed by atoms with van der Waals surface area (Å²) in [7, 11) is 0. The van der Waals surface area contributed by atoms with E-state index in [1.165, 1.54) is 11.8 Å². The van der Waals surface area contributed by atoms with Crippen molar-refractivity contribution >= 4 is 23.2 Å². The fraction of sp³-hybridized carbons (Fsp3) is 0.200. The summed E-state index contributed by atoms with van der Waals surface area (Å²) >= 11 is 1.45. The van der Waals surface area contributed by atoms with Crippen LogP contribution in [-0.2, 0) is 11.3 Å². The Morgan fingerprint density at radius 3 is 2.83 bits per heavy atom. The van der Waals surface area contributed by atoms with Gasteiger partial charge in [0.15, 0.2) is 17.5 Å². The Balaban J connectivity index is 1.50. The standard InChI is InChI=1S/C20H18N4O4S/c1-3-26-15-10-5-4-8-13(15)18-21-16(28-23-18)12-27-19(25)17-14-9-6-7-11-24(14)20(22-17)29-2/h4-11H,3,12H2,1-2H3. The van der Waals surface area contributed by atoms with Crippen molar-refractivity contribution in [1.29, 1.82) is 0 Å². The molecule has 4 rings (SSSR count). The van der Waals surface area contributed by atoms with Gasteiger partial charge in [0.2, 0.25) is 5.82 Å². The molecule has 29 heavy (non-hydrogen) atoms. The number of aromatic nitrogens is 4. The van der Waals surface area contributed by atoms with Gasteiger partial charge in [-0.25, -0.2) is 9.78 Å². The average molecular weight is 410 g/mol. The van der Waals surface area contributed by atoms with Crippen LogP contribution in [0.5, 0.6) is 5.75 Å². The summed E-state index contributed by atoms with van der Waals surface area (Å²) in [5.41, 5.74) is 1.63. The number of para-hydroxylation sites is 1. The summed E-state index contributed by atoms with van der Waals surface area (Å²) in [5.74, 6) is 0.669. The van der Waals surface area contributed by atoms with Crippen molar-refractivity contribution in [3.05, 3.63) is 60.2 Å². The van der Waals surface area contributed by atoms with Crippen LogP contribution in [0.1, 0.15) is 23.3 Å². The molecule has 3 heterocycles. The third kappa shape index (κ3) is 3.81. The van der Waals surface area contributed by atoms with Crippen LogP contribution in [-0.4, -0.2) is 38.4 Å². The fourth-order valence-corrected chi connectivity index (χ4v) is 3.39. The van der Waals surface area contributed by atoms with E-state index in [2.05, 4.69) is 15.1 Å². The van der Waals surface area contributed by atoms with Crippen LogP contribution >= 0.6 is 11.8 Å². The highest BCUT2D eigenvalue weighted by Gasteiger charge is 2.20. The van der Waals surface area contributed by atoms with E-state index in [4.69, 9.17) is 14.0 Å². The number of esters is 1. The van der Waals surface area contributed by atoms with E-state index in [1.54, 1.807) is 0 Å². The minimum atomic E-state index is -0.552. The van der Waals surface area contributed by atoms with Gasteiger partial charge in [0.25, 0.3) is 5.89 Å². The predicted octanol–water partition coefficient (Wildman–Crippen LogP) is 3.86. The fourth-order valence-electron chi connectivity index (χ4n) is 2.86. The van der Waals surface area contributed by atoms with Crippen LogP contribution in [0.4, 0.5) is 0 Å². The largest absolute Gasteiger partial charge is 0.493 e. The summed E-state index contributed by atoms with van der Waals surface area (Å²) in [4.78, 5) is 21.2. The number of carbonyl (C=O) groups is 1. The number of hydrogen-bond acceptors (Lipinski definition) is 8. The molecule has 0 saturated carbocycles. The van der Waals surface area contributed by atoms with Crippen molar-refractivity contribution in [2.24, 2.45) is 0 Å². The Labute approximate surface area is 170 Å². The second-order valence-electron chi connectivity index (χ2n) is 5.92. The molecule has 0 N–H and O–H groups in total. The van der Waals surface area contributed by atoms with Crippen molar-refractivity contribution in [1.82, 2.24) is 19.5 Å². The highest BCUT2D eigenvalue weighted by molar-refractivity contribution is 7.98. The minimum absolute atomic E-state index is 0.150. The van der Waals surface area contributed by atoms with Gasteiger partial charge < -0.3 is 14.0 Å². The molecule has 0 aliphatic carbocycles. The lowest BCUT2D eigenvalue weighted by molar-refractivity contribution is 0.0425. The first-order valence-electron chi connectivity index (χ1n) is 8.94. The summed E-state index contributed by atoms with van der Waals surface area (Å²) < 4.78 is 18.0. The number of rotatable bonds is 7. The van der Waals surface area contributed by atoms with Gasteiger partial charge in [-0.3, -0.25) is 4.40 Å². The number of fused-ring (bicyclic) bond motifs is 1. The summed E-state index contributed by atoms with van der Waals surface area (Å²) in [5, 5.41) is 4.68. The molecule has 0 unspecified atom stereocenters. The monoisotopic (exact) mass is 410 g/mol. The van der Waals surface area contributed by atoms with Gasteiger partial charge in [-0.2, -0.15) is 4.98 Å². The minimum Gasteiger partial charge on any atom is -0.493 e. The van der Waals surface area contributed by atoms with Gasteiger partial charge in [-0.15, -0.1) is 0 Å². The number of carbonyl (C=O) groups excluding carboxylic acids is 1. The molecule has 8 nitrogen and oxygen atoms in total. The van der Waals surface area contributed by atoms with Crippen LogP contribution in [0.25, 0.3) is 16.9 Å². The van der Waals surface area contributed by atoms with E-state index in [0.717, 1.165) is 0 Å². The zero-order valence-electron chi connectivity index (χ0n) is 15.9. The molecule has 0 aliphatic heterocycles. The zero-order valence-corrected chi connectivity index (χ0v) is 16.7. The molecule has 3 aromatic heterocycles. The van der Waals surface area contributed by atoms with E-state index >= 15 is 0 Å². The quantitative estimate of drug-likeness (QED) is 0.335. The molecule has 9 heteroatoms. The summed E-state index contributed by atoms with van der Waals surface area (Å²) in [6.45, 7) is 2.28. The van der Waals surface area contributed by atoms with Crippen LogP contribution in [0.3, 0.4) is 0 Å². The smallest absolute Gasteiger partial charge is 0.359 e. The van der Waals surface area contributed by atoms with Gasteiger partial charge in [0, 0.05) is 6.20 Å². The molecular weight excluding hydrogens is 392 g/mol. The zero-order chi connectivity index (χ0) is 20.2. The lowest BCUT2D eigenvalue weighted by Gasteiger charge is -2.06. The van der Waals surface area contributed by atoms with Crippen molar-refractivity contribution in [2.45, 2.75) is 18.7 Å². The van der Waals surface area contributed by atoms with Crippen LogP contribution < -0.4 is 4.74 Å².